The van der Waals surface area contributed by atoms with Gasteiger partial charge in [0.15, 0.2) is 5.82 Å². The summed E-state index contributed by atoms with van der Waals surface area (Å²) >= 11 is 8.62. The molecule has 106 valence electrons. The first-order valence-corrected chi connectivity index (χ1v) is 6.19. The van der Waals surface area contributed by atoms with Gasteiger partial charge >= 0.3 is 6.18 Å². The predicted molar refractivity (Wildman–Crippen MR) is 68.0 cm³/mol. The van der Waals surface area contributed by atoms with Gasteiger partial charge in [0, 0.05) is 16.1 Å². The molecule has 3 nitrogen and oxygen atoms in total. The summed E-state index contributed by atoms with van der Waals surface area (Å²) in [6, 6.07) is 3.28. The van der Waals surface area contributed by atoms with Crippen LogP contribution in [0.4, 0.5) is 17.6 Å². The zero-order chi connectivity index (χ0) is 15.1. The van der Waals surface area contributed by atoms with Gasteiger partial charge in [-0.2, -0.15) is 13.2 Å². The van der Waals surface area contributed by atoms with E-state index in [1.54, 1.807) is 4.98 Å². The van der Waals surface area contributed by atoms with Crippen LogP contribution in [0.15, 0.2) is 27.5 Å². The molecule has 0 unspecified atom stereocenters. The van der Waals surface area contributed by atoms with Crippen LogP contribution in [0.2, 0.25) is 5.02 Å². The quantitative estimate of drug-likeness (QED) is 0.608. The molecule has 9 heteroatoms. The van der Waals surface area contributed by atoms with Gasteiger partial charge in [-0.3, -0.25) is 4.79 Å². The first-order valence-electron chi connectivity index (χ1n) is 5.02. The average Bonchev–Trinajstić information content (AvgIpc) is 2.34. The summed E-state index contributed by atoms with van der Waals surface area (Å²) in [7, 11) is 0. The lowest BCUT2D eigenvalue weighted by atomic mass is 10.1. The Morgan fingerprint density at radius 2 is 1.95 bits per heavy atom. The normalized spacial score (nSPS) is 11.7. The van der Waals surface area contributed by atoms with Crippen LogP contribution in [0.25, 0.3) is 11.3 Å². The minimum absolute atomic E-state index is 0.237. The summed E-state index contributed by atoms with van der Waals surface area (Å²) in [6.45, 7) is 0. The molecule has 1 aromatic carbocycles. The van der Waals surface area contributed by atoms with Crippen molar-refractivity contribution in [2.24, 2.45) is 0 Å². The Morgan fingerprint density at radius 1 is 1.30 bits per heavy atom. The molecule has 0 saturated heterocycles. The number of aromatic nitrogens is 2. The third-order valence-electron chi connectivity index (χ3n) is 2.32. The van der Waals surface area contributed by atoms with Crippen molar-refractivity contribution in [3.8, 4) is 11.3 Å². The van der Waals surface area contributed by atoms with E-state index in [9.17, 15) is 22.4 Å². The standard InChI is InChI=1S/C11H4BrClF4N2O/c12-5-2-1-4(9(14)8(5)13)6-3-7(20)19-10(18-6)11(15,16)17/h1-3H,(H,18,19,20). The number of alkyl halides is 3. The summed E-state index contributed by atoms with van der Waals surface area (Å²) in [4.78, 5) is 16.0. The molecule has 1 aromatic heterocycles. The van der Waals surface area contributed by atoms with Gasteiger partial charge in [-0.05, 0) is 28.1 Å². The van der Waals surface area contributed by atoms with Gasteiger partial charge < -0.3 is 4.98 Å². The summed E-state index contributed by atoms with van der Waals surface area (Å²) in [5, 5.41) is -0.307. The van der Waals surface area contributed by atoms with E-state index in [-0.39, 0.29) is 15.1 Å². The first-order chi connectivity index (χ1) is 9.20. The molecule has 2 aromatic rings. The van der Waals surface area contributed by atoms with E-state index in [0.717, 1.165) is 6.07 Å². The number of halogens is 6. The van der Waals surface area contributed by atoms with Gasteiger partial charge in [-0.15, -0.1) is 0 Å². The number of nitrogens with one attached hydrogen (secondary N) is 1. The van der Waals surface area contributed by atoms with E-state index in [1.807, 2.05) is 0 Å². The molecule has 0 amide bonds. The van der Waals surface area contributed by atoms with Gasteiger partial charge in [0.1, 0.15) is 0 Å². The summed E-state index contributed by atoms with van der Waals surface area (Å²) in [5.74, 6) is -2.47. The zero-order valence-electron chi connectivity index (χ0n) is 9.36. The second-order valence-corrected chi connectivity index (χ2v) is 4.93. The smallest absolute Gasteiger partial charge is 0.303 e. The lowest BCUT2D eigenvalue weighted by molar-refractivity contribution is -0.145. The molecule has 0 spiro atoms. The molecular weight excluding hydrogens is 367 g/mol. The number of nitrogens with zero attached hydrogens (tertiary/aromatic N) is 1. The maximum atomic E-state index is 13.9. The van der Waals surface area contributed by atoms with Crippen molar-refractivity contribution in [2.45, 2.75) is 6.18 Å². The molecule has 0 atom stereocenters. The van der Waals surface area contributed by atoms with Crippen molar-refractivity contribution in [3.63, 3.8) is 0 Å². The Labute approximate surface area is 122 Å². The average molecular weight is 372 g/mol. The molecule has 2 rings (SSSR count). The van der Waals surface area contributed by atoms with Crippen molar-refractivity contribution < 1.29 is 17.6 Å². The summed E-state index contributed by atoms with van der Waals surface area (Å²) in [6.07, 6.45) is -4.84. The van der Waals surface area contributed by atoms with E-state index in [4.69, 9.17) is 11.6 Å². The van der Waals surface area contributed by atoms with Crippen LogP contribution < -0.4 is 5.56 Å². The lowest BCUT2D eigenvalue weighted by Gasteiger charge is -2.09. The molecule has 20 heavy (non-hydrogen) atoms. The van der Waals surface area contributed by atoms with Crippen molar-refractivity contribution in [1.82, 2.24) is 9.97 Å². The first kappa shape index (κ1) is 15.0. The van der Waals surface area contributed by atoms with Crippen LogP contribution in [0.3, 0.4) is 0 Å². The van der Waals surface area contributed by atoms with Gasteiger partial charge in [0.25, 0.3) is 5.56 Å². The molecule has 0 fully saturated rings. The Hall–Kier alpha value is -1.41. The van der Waals surface area contributed by atoms with E-state index < -0.39 is 29.1 Å². The molecule has 0 aliphatic rings. The highest BCUT2D eigenvalue weighted by Gasteiger charge is 2.34. The monoisotopic (exact) mass is 370 g/mol. The highest BCUT2D eigenvalue weighted by molar-refractivity contribution is 9.10. The van der Waals surface area contributed by atoms with Gasteiger partial charge in [-0.25, -0.2) is 9.37 Å². The van der Waals surface area contributed by atoms with Gasteiger partial charge in [0.05, 0.1) is 10.7 Å². The van der Waals surface area contributed by atoms with Crippen LogP contribution in [0.1, 0.15) is 5.82 Å². The van der Waals surface area contributed by atoms with Crippen molar-refractivity contribution in [3.05, 3.63) is 49.7 Å². The van der Waals surface area contributed by atoms with Crippen LogP contribution in [0, 0.1) is 5.82 Å². The second-order valence-electron chi connectivity index (χ2n) is 3.70. The fourth-order valence-corrected chi connectivity index (χ4v) is 1.92. The lowest BCUT2D eigenvalue weighted by Crippen LogP contribution is -2.19. The number of aromatic amines is 1. The predicted octanol–water partition coefficient (Wildman–Crippen LogP) is 4.01. The van der Waals surface area contributed by atoms with Crippen molar-refractivity contribution in [1.29, 1.82) is 0 Å². The minimum Gasteiger partial charge on any atom is -0.303 e. The Kier molecular flexibility index (Phi) is 3.88. The summed E-state index contributed by atoms with van der Waals surface area (Å²) in [5.41, 5.74) is -1.79. The van der Waals surface area contributed by atoms with E-state index >= 15 is 0 Å². The van der Waals surface area contributed by atoms with Crippen molar-refractivity contribution in [2.75, 3.05) is 0 Å². The van der Waals surface area contributed by atoms with Crippen LogP contribution >= 0.6 is 27.5 Å². The fraction of sp³-hybridized carbons (Fsp3) is 0.0909. The van der Waals surface area contributed by atoms with Crippen LogP contribution in [-0.2, 0) is 6.18 Å². The minimum atomic E-state index is -4.84. The number of benzene rings is 1. The largest absolute Gasteiger partial charge is 0.449 e. The molecular formula is C11H4BrClF4N2O. The summed E-state index contributed by atoms with van der Waals surface area (Å²) < 4.78 is 51.8. The molecule has 0 aliphatic carbocycles. The van der Waals surface area contributed by atoms with Crippen LogP contribution in [0.5, 0.6) is 0 Å². The second kappa shape index (κ2) is 5.17. The third kappa shape index (κ3) is 2.85. The zero-order valence-corrected chi connectivity index (χ0v) is 11.7. The highest BCUT2D eigenvalue weighted by atomic mass is 79.9. The molecule has 0 radical (unpaired) electrons. The Morgan fingerprint density at radius 3 is 2.55 bits per heavy atom. The maximum Gasteiger partial charge on any atom is 0.449 e. The number of hydrogen-bond acceptors (Lipinski definition) is 2. The number of rotatable bonds is 1. The topological polar surface area (TPSA) is 45.8 Å². The van der Waals surface area contributed by atoms with Gasteiger partial charge in [-0.1, -0.05) is 11.6 Å². The number of H-pyrrole nitrogens is 1. The third-order valence-corrected chi connectivity index (χ3v) is 3.58. The van der Waals surface area contributed by atoms with E-state index in [1.165, 1.54) is 12.1 Å². The molecule has 0 saturated carbocycles. The van der Waals surface area contributed by atoms with Crippen molar-refractivity contribution >= 4 is 27.5 Å². The molecule has 0 aliphatic heterocycles. The Bertz CT molecular complexity index is 729. The Balaban J connectivity index is 2.68. The fourth-order valence-electron chi connectivity index (χ4n) is 1.45. The SMILES string of the molecule is O=c1cc(-c2ccc(Br)c(Cl)c2F)nc(C(F)(F)F)[nH]1. The van der Waals surface area contributed by atoms with Gasteiger partial charge in [0.2, 0.25) is 5.82 Å². The number of hydrogen-bond donors (Lipinski definition) is 1. The highest BCUT2D eigenvalue weighted by Crippen LogP contribution is 2.33. The molecule has 1 N–H and O–H groups in total. The maximum absolute atomic E-state index is 13.9. The molecule has 1 heterocycles. The van der Waals surface area contributed by atoms with E-state index in [0.29, 0.717) is 0 Å². The van der Waals surface area contributed by atoms with E-state index in [2.05, 4.69) is 20.9 Å². The van der Waals surface area contributed by atoms with Crippen LogP contribution in [-0.4, -0.2) is 9.97 Å². The molecule has 0 bridgehead atoms.